The first-order valence-electron chi connectivity index (χ1n) is 5.99. The molecule has 0 heterocycles. The molecule has 5 heteroatoms. The van der Waals surface area contributed by atoms with Gasteiger partial charge in [-0.1, -0.05) is 20.8 Å². The maximum absolute atomic E-state index is 12.4. The first-order valence-corrected chi connectivity index (χ1v) is 7.56. The molecule has 0 aliphatic rings. The van der Waals surface area contributed by atoms with Crippen molar-refractivity contribution in [3.8, 4) is 5.81 Å². The first kappa shape index (κ1) is 15.6. The van der Waals surface area contributed by atoms with Crippen LogP contribution in [0, 0.1) is 11.1 Å². The van der Waals surface area contributed by atoms with E-state index in [4.69, 9.17) is 9.79 Å². The van der Waals surface area contributed by atoms with Gasteiger partial charge in [0.2, 0.25) is 0 Å². The fourth-order valence-corrected chi connectivity index (χ4v) is 3.23. The predicted molar refractivity (Wildman–Crippen MR) is 66.2 cm³/mol. The minimum Gasteiger partial charge on any atom is -0.304 e. The van der Waals surface area contributed by atoms with Gasteiger partial charge < -0.3 is 4.52 Å². The first-order chi connectivity index (χ1) is 7.53. The lowest BCUT2D eigenvalue weighted by atomic mass is 10.3. The molecule has 0 saturated carbocycles. The van der Waals surface area contributed by atoms with Crippen molar-refractivity contribution in [2.45, 2.75) is 53.1 Å². The average Bonchev–Trinajstić information content (AvgIpc) is 2.28. The summed E-state index contributed by atoms with van der Waals surface area (Å²) < 4.78 is 19.5. The third-order valence-corrected chi connectivity index (χ3v) is 4.40. The maximum atomic E-state index is 12.4. The Morgan fingerprint density at radius 1 is 1.31 bits per heavy atom. The Bertz CT molecular complexity index is 270. The quantitative estimate of drug-likeness (QED) is 0.614. The van der Waals surface area contributed by atoms with Gasteiger partial charge in [-0.15, -0.1) is 0 Å². The molecule has 0 aromatic carbocycles. The second-order valence-corrected chi connectivity index (χ2v) is 5.92. The standard InChI is InChI=1S/C11H23N2O2P/c1-5-8-13(9-6-2)16(14,10-12)15-11(4)7-3/h11H,5-9H2,1-4H3. The van der Waals surface area contributed by atoms with Crippen molar-refractivity contribution in [1.82, 2.24) is 4.67 Å². The van der Waals surface area contributed by atoms with E-state index in [2.05, 4.69) is 0 Å². The van der Waals surface area contributed by atoms with Crippen molar-refractivity contribution >= 4 is 7.52 Å². The lowest BCUT2D eigenvalue weighted by molar-refractivity contribution is 0.194. The maximum Gasteiger partial charge on any atom is 0.371 e. The molecule has 0 aromatic heterocycles. The SMILES string of the molecule is CCCN(CCC)P(=O)(C#N)OC(C)CC. The van der Waals surface area contributed by atoms with Crippen LogP contribution in [0.25, 0.3) is 0 Å². The Kier molecular flexibility index (Phi) is 7.66. The van der Waals surface area contributed by atoms with Crippen LogP contribution in [0.5, 0.6) is 0 Å². The summed E-state index contributed by atoms with van der Waals surface area (Å²) in [6.45, 7) is 9.11. The van der Waals surface area contributed by atoms with Gasteiger partial charge >= 0.3 is 7.52 Å². The molecular weight excluding hydrogens is 223 g/mol. The molecule has 2 unspecified atom stereocenters. The number of nitriles is 1. The van der Waals surface area contributed by atoms with E-state index in [0.717, 1.165) is 19.3 Å². The lowest BCUT2D eigenvalue weighted by Crippen LogP contribution is -2.24. The summed E-state index contributed by atoms with van der Waals surface area (Å²) >= 11 is 0. The Morgan fingerprint density at radius 2 is 1.81 bits per heavy atom. The smallest absolute Gasteiger partial charge is 0.304 e. The molecule has 94 valence electrons. The van der Waals surface area contributed by atoms with Crippen LogP contribution in [0.2, 0.25) is 0 Å². The van der Waals surface area contributed by atoms with E-state index in [1.54, 1.807) is 4.67 Å². The Morgan fingerprint density at radius 3 is 2.12 bits per heavy atom. The van der Waals surface area contributed by atoms with Gasteiger partial charge in [-0.25, -0.2) is 4.67 Å². The van der Waals surface area contributed by atoms with Crippen LogP contribution < -0.4 is 0 Å². The zero-order valence-corrected chi connectivity index (χ0v) is 11.7. The molecule has 0 radical (unpaired) electrons. The zero-order chi connectivity index (χ0) is 12.6. The van der Waals surface area contributed by atoms with E-state index in [9.17, 15) is 4.57 Å². The molecule has 4 nitrogen and oxygen atoms in total. The summed E-state index contributed by atoms with van der Waals surface area (Å²) in [5.74, 6) is 1.87. The molecule has 16 heavy (non-hydrogen) atoms. The van der Waals surface area contributed by atoms with E-state index in [-0.39, 0.29) is 6.10 Å². The van der Waals surface area contributed by atoms with Crippen molar-refractivity contribution in [2.24, 2.45) is 0 Å². The molecule has 0 spiro atoms. The molecule has 0 aliphatic heterocycles. The molecule has 0 aromatic rings. The van der Waals surface area contributed by atoms with Gasteiger partial charge in [0.15, 0.2) is 5.81 Å². The van der Waals surface area contributed by atoms with E-state index < -0.39 is 7.52 Å². The molecule has 0 N–H and O–H groups in total. The average molecular weight is 246 g/mol. The van der Waals surface area contributed by atoms with Crippen molar-refractivity contribution in [3.05, 3.63) is 0 Å². The van der Waals surface area contributed by atoms with Crippen LogP contribution >= 0.6 is 7.52 Å². The highest BCUT2D eigenvalue weighted by Gasteiger charge is 2.32. The van der Waals surface area contributed by atoms with Crippen molar-refractivity contribution in [3.63, 3.8) is 0 Å². The summed E-state index contributed by atoms with van der Waals surface area (Å²) in [4.78, 5) is 0. The normalized spacial score (nSPS) is 16.8. The number of hydrogen-bond acceptors (Lipinski definition) is 3. The van der Waals surface area contributed by atoms with Gasteiger partial charge in [-0.3, -0.25) is 4.57 Å². The van der Waals surface area contributed by atoms with Gasteiger partial charge in [-0.2, -0.15) is 5.26 Å². The predicted octanol–water partition coefficient (Wildman–Crippen LogP) is 3.60. The summed E-state index contributed by atoms with van der Waals surface area (Å²) in [6, 6.07) is 0. The summed E-state index contributed by atoms with van der Waals surface area (Å²) in [7, 11) is -3.28. The minimum absolute atomic E-state index is 0.137. The van der Waals surface area contributed by atoms with Gasteiger partial charge in [0, 0.05) is 13.1 Å². The lowest BCUT2D eigenvalue weighted by Gasteiger charge is -2.27. The highest BCUT2D eigenvalue weighted by molar-refractivity contribution is 7.61. The van der Waals surface area contributed by atoms with Crippen LogP contribution in [-0.4, -0.2) is 23.9 Å². The molecule has 2 atom stereocenters. The highest BCUT2D eigenvalue weighted by Crippen LogP contribution is 2.51. The van der Waals surface area contributed by atoms with E-state index in [1.165, 1.54) is 0 Å². The Balaban J connectivity index is 4.74. The molecule has 0 amide bonds. The topological polar surface area (TPSA) is 53.3 Å². The summed E-state index contributed by atoms with van der Waals surface area (Å²) in [5.41, 5.74) is 0. The molecule has 0 bridgehead atoms. The number of rotatable bonds is 8. The zero-order valence-electron chi connectivity index (χ0n) is 10.8. The molecule has 0 rings (SSSR count). The van der Waals surface area contributed by atoms with Crippen LogP contribution in [0.1, 0.15) is 47.0 Å². The monoisotopic (exact) mass is 246 g/mol. The Hall–Kier alpha value is -0.360. The van der Waals surface area contributed by atoms with Crippen LogP contribution in [0.15, 0.2) is 0 Å². The summed E-state index contributed by atoms with van der Waals surface area (Å²) in [5, 5.41) is 9.07. The van der Waals surface area contributed by atoms with E-state index >= 15 is 0 Å². The van der Waals surface area contributed by atoms with Crippen molar-refractivity contribution < 1.29 is 9.09 Å². The van der Waals surface area contributed by atoms with Gasteiger partial charge in [-0.05, 0) is 26.2 Å². The van der Waals surface area contributed by atoms with Crippen LogP contribution in [0.3, 0.4) is 0 Å². The van der Waals surface area contributed by atoms with E-state index in [1.807, 2.05) is 33.5 Å². The summed E-state index contributed by atoms with van der Waals surface area (Å²) in [6.07, 6.45) is 2.37. The Labute approximate surface area is 99.1 Å². The second kappa shape index (κ2) is 7.84. The molecule has 0 aliphatic carbocycles. The fourth-order valence-electron chi connectivity index (χ4n) is 1.36. The van der Waals surface area contributed by atoms with Crippen LogP contribution in [-0.2, 0) is 9.09 Å². The van der Waals surface area contributed by atoms with E-state index in [0.29, 0.717) is 13.1 Å². The molecular formula is C11H23N2O2P. The van der Waals surface area contributed by atoms with Crippen molar-refractivity contribution in [2.75, 3.05) is 13.1 Å². The van der Waals surface area contributed by atoms with Crippen LogP contribution in [0.4, 0.5) is 0 Å². The number of nitrogens with zero attached hydrogens (tertiary/aromatic N) is 2. The molecule has 0 fully saturated rings. The van der Waals surface area contributed by atoms with Gasteiger partial charge in [0.25, 0.3) is 0 Å². The number of hydrogen-bond donors (Lipinski definition) is 0. The molecule has 0 saturated heterocycles. The van der Waals surface area contributed by atoms with Gasteiger partial charge in [0.1, 0.15) is 0 Å². The largest absolute Gasteiger partial charge is 0.371 e. The fraction of sp³-hybridized carbons (Fsp3) is 0.909. The third kappa shape index (κ3) is 4.65. The van der Waals surface area contributed by atoms with Gasteiger partial charge in [0.05, 0.1) is 6.10 Å². The highest BCUT2D eigenvalue weighted by atomic mass is 31.2. The minimum atomic E-state index is -3.28. The third-order valence-electron chi connectivity index (χ3n) is 2.36. The second-order valence-electron chi connectivity index (χ2n) is 3.90. The van der Waals surface area contributed by atoms with Crippen molar-refractivity contribution in [1.29, 1.82) is 5.26 Å².